The quantitative estimate of drug-likeness (QED) is 0.800. The van der Waals surface area contributed by atoms with Crippen LogP contribution in [0.5, 0.6) is 17.2 Å². The van der Waals surface area contributed by atoms with Gasteiger partial charge >= 0.3 is 0 Å². The minimum Gasteiger partial charge on any atom is -0.489 e. The molecule has 2 aromatic carbocycles. The molecule has 0 spiro atoms. The number of carbonyl (C=O) groups excluding carboxylic acids is 1. The molecule has 6 nitrogen and oxygen atoms in total. The second kappa shape index (κ2) is 7.26. The van der Waals surface area contributed by atoms with Gasteiger partial charge in [0.05, 0.1) is 5.56 Å². The first-order valence-electron chi connectivity index (χ1n) is 10.3. The molecular weight excluding hydrogens is 368 g/mol. The molecule has 1 saturated heterocycles. The predicted molar refractivity (Wildman–Crippen MR) is 109 cm³/mol. The summed E-state index contributed by atoms with van der Waals surface area (Å²) in [5.41, 5.74) is 3.04. The van der Waals surface area contributed by atoms with Crippen molar-refractivity contribution < 1.29 is 19.0 Å². The van der Waals surface area contributed by atoms with Gasteiger partial charge in [-0.2, -0.15) is 0 Å². The number of carbonyl (C=O) groups is 1. The van der Waals surface area contributed by atoms with E-state index in [1.165, 1.54) is 5.56 Å². The molecule has 3 aliphatic heterocycles. The smallest absolute Gasteiger partial charge is 0.257 e. The fourth-order valence-corrected chi connectivity index (χ4v) is 4.33. The van der Waals surface area contributed by atoms with E-state index in [0.29, 0.717) is 18.3 Å². The Morgan fingerprint density at radius 1 is 1.03 bits per heavy atom. The molecule has 1 amide bonds. The van der Waals surface area contributed by atoms with Crippen molar-refractivity contribution in [3.05, 3.63) is 53.1 Å². The number of benzene rings is 2. The van der Waals surface area contributed by atoms with E-state index in [1.54, 1.807) is 0 Å². The van der Waals surface area contributed by atoms with Crippen LogP contribution in [0.2, 0.25) is 0 Å². The topological polar surface area (TPSA) is 51.2 Å². The third kappa shape index (κ3) is 3.31. The number of rotatable bonds is 3. The Kier molecular flexibility index (Phi) is 4.59. The zero-order chi connectivity index (χ0) is 20.0. The van der Waals surface area contributed by atoms with Gasteiger partial charge in [0.25, 0.3) is 5.91 Å². The molecule has 0 saturated carbocycles. The van der Waals surface area contributed by atoms with Crippen LogP contribution in [0, 0.1) is 0 Å². The van der Waals surface area contributed by atoms with Crippen LogP contribution in [0.4, 0.5) is 0 Å². The van der Waals surface area contributed by atoms with Gasteiger partial charge in [0.15, 0.2) is 11.5 Å². The van der Waals surface area contributed by atoms with Crippen molar-refractivity contribution in [1.29, 1.82) is 0 Å². The van der Waals surface area contributed by atoms with Crippen LogP contribution in [0.25, 0.3) is 0 Å². The van der Waals surface area contributed by atoms with Crippen molar-refractivity contribution in [2.75, 3.05) is 33.0 Å². The standard InChI is InChI=1S/C23H26N2O4/c1-15-16(2)29-22-18(15)4-3-5-19(22)23(26)25-10-8-24(9-11-25)13-17-6-7-20-21(12-17)28-14-27-20/h3-7,12,15-16H,8-11,13-14H2,1-2H3/t15-,16-/m0/s1. The number of nitrogens with zero attached hydrogens (tertiary/aromatic N) is 2. The lowest BCUT2D eigenvalue weighted by molar-refractivity contribution is 0.0623. The molecule has 0 aliphatic carbocycles. The number of piperazine rings is 1. The Bertz CT molecular complexity index is 936. The third-order valence-electron chi connectivity index (χ3n) is 6.28. The number of hydrogen-bond donors (Lipinski definition) is 0. The van der Waals surface area contributed by atoms with Crippen LogP contribution in [-0.4, -0.2) is 54.8 Å². The van der Waals surface area contributed by atoms with Crippen molar-refractivity contribution in [3.63, 3.8) is 0 Å². The molecule has 1 fully saturated rings. The van der Waals surface area contributed by atoms with Crippen molar-refractivity contribution in [2.24, 2.45) is 0 Å². The van der Waals surface area contributed by atoms with Gasteiger partial charge in [0.1, 0.15) is 11.9 Å². The summed E-state index contributed by atoms with van der Waals surface area (Å²) in [6, 6.07) is 12.0. The zero-order valence-electron chi connectivity index (χ0n) is 16.9. The molecule has 3 heterocycles. The van der Waals surface area contributed by atoms with E-state index in [-0.39, 0.29) is 12.0 Å². The van der Waals surface area contributed by atoms with Crippen molar-refractivity contribution >= 4 is 5.91 Å². The van der Waals surface area contributed by atoms with Gasteiger partial charge in [-0.25, -0.2) is 0 Å². The normalized spacial score (nSPS) is 23.0. The molecule has 0 aromatic heterocycles. The van der Waals surface area contributed by atoms with Crippen molar-refractivity contribution in [1.82, 2.24) is 9.80 Å². The number of para-hydroxylation sites is 1. The van der Waals surface area contributed by atoms with Gasteiger partial charge in [-0.1, -0.05) is 25.1 Å². The maximum absolute atomic E-state index is 13.2. The molecule has 3 aliphatic rings. The molecule has 6 heteroatoms. The zero-order valence-corrected chi connectivity index (χ0v) is 16.9. The van der Waals surface area contributed by atoms with Crippen LogP contribution in [0.1, 0.15) is 41.3 Å². The van der Waals surface area contributed by atoms with Gasteiger partial charge in [0, 0.05) is 44.2 Å². The lowest BCUT2D eigenvalue weighted by atomic mass is 9.96. The van der Waals surface area contributed by atoms with E-state index in [1.807, 2.05) is 29.2 Å². The van der Waals surface area contributed by atoms with Gasteiger partial charge in [0.2, 0.25) is 6.79 Å². The highest BCUT2D eigenvalue weighted by atomic mass is 16.7. The number of fused-ring (bicyclic) bond motifs is 2. The summed E-state index contributed by atoms with van der Waals surface area (Å²) in [6.45, 7) is 8.50. The van der Waals surface area contributed by atoms with Crippen LogP contribution in [0.15, 0.2) is 36.4 Å². The second-order valence-electron chi connectivity index (χ2n) is 8.09. The molecule has 2 atom stereocenters. The van der Waals surface area contributed by atoms with Gasteiger partial charge < -0.3 is 19.1 Å². The van der Waals surface area contributed by atoms with E-state index in [2.05, 4.69) is 30.9 Å². The summed E-state index contributed by atoms with van der Waals surface area (Å²) < 4.78 is 16.9. The maximum Gasteiger partial charge on any atom is 0.257 e. The molecule has 152 valence electrons. The fraction of sp³-hybridized carbons (Fsp3) is 0.435. The highest BCUT2D eigenvalue weighted by Crippen LogP contribution is 2.40. The Morgan fingerprint density at radius 3 is 2.66 bits per heavy atom. The summed E-state index contributed by atoms with van der Waals surface area (Å²) in [6.07, 6.45) is 0.109. The lowest BCUT2D eigenvalue weighted by Crippen LogP contribution is -2.48. The summed E-state index contributed by atoms with van der Waals surface area (Å²) in [5, 5.41) is 0. The van der Waals surface area contributed by atoms with E-state index in [0.717, 1.165) is 55.5 Å². The van der Waals surface area contributed by atoms with Gasteiger partial charge in [-0.05, 0) is 30.7 Å². The highest BCUT2D eigenvalue weighted by molar-refractivity contribution is 5.97. The van der Waals surface area contributed by atoms with E-state index < -0.39 is 0 Å². The van der Waals surface area contributed by atoms with E-state index in [4.69, 9.17) is 14.2 Å². The van der Waals surface area contributed by atoms with Crippen LogP contribution < -0.4 is 14.2 Å². The number of amides is 1. The minimum absolute atomic E-state index is 0.0749. The monoisotopic (exact) mass is 394 g/mol. The molecule has 2 aromatic rings. The van der Waals surface area contributed by atoms with Crippen LogP contribution >= 0.6 is 0 Å². The van der Waals surface area contributed by atoms with Crippen molar-refractivity contribution in [2.45, 2.75) is 32.4 Å². The molecule has 29 heavy (non-hydrogen) atoms. The first kappa shape index (κ1) is 18.3. The Morgan fingerprint density at radius 2 is 1.83 bits per heavy atom. The molecule has 0 unspecified atom stereocenters. The van der Waals surface area contributed by atoms with Gasteiger partial charge in [-0.3, -0.25) is 9.69 Å². The Balaban J connectivity index is 1.23. The minimum atomic E-state index is 0.0749. The average Bonchev–Trinajstić information content (AvgIpc) is 3.32. The first-order chi connectivity index (χ1) is 14.1. The molecule has 0 N–H and O–H groups in total. The van der Waals surface area contributed by atoms with E-state index in [9.17, 15) is 4.79 Å². The predicted octanol–water partition coefficient (Wildman–Crippen LogP) is 3.26. The molecule has 0 radical (unpaired) electrons. The summed E-state index contributed by atoms with van der Waals surface area (Å²) in [5.74, 6) is 2.80. The number of hydrogen-bond acceptors (Lipinski definition) is 5. The largest absolute Gasteiger partial charge is 0.489 e. The Labute approximate surface area is 171 Å². The summed E-state index contributed by atoms with van der Waals surface area (Å²) in [4.78, 5) is 17.5. The molecule has 0 bridgehead atoms. The lowest BCUT2D eigenvalue weighted by Gasteiger charge is -2.35. The van der Waals surface area contributed by atoms with E-state index >= 15 is 0 Å². The summed E-state index contributed by atoms with van der Waals surface area (Å²) in [7, 11) is 0. The average molecular weight is 394 g/mol. The highest BCUT2D eigenvalue weighted by Gasteiger charge is 2.33. The fourth-order valence-electron chi connectivity index (χ4n) is 4.33. The molecule has 5 rings (SSSR count). The SMILES string of the molecule is C[C@@H]1Oc2c(C(=O)N3CCN(Cc4ccc5c(c4)OCO5)CC3)cccc2[C@H]1C. The first-order valence-corrected chi connectivity index (χ1v) is 10.3. The Hall–Kier alpha value is -2.73. The summed E-state index contributed by atoms with van der Waals surface area (Å²) >= 11 is 0. The second-order valence-corrected chi connectivity index (χ2v) is 8.09. The third-order valence-corrected chi connectivity index (χ3v) is 6.28. The number of ether oxygens (including phenoxy) is 3. The maximum atomic E-state index is 13.2. The van der Waals surface area contributed by atoms with Crippen molar-refractivity contribution in [3.8, 4) is 17.2 Å². The van der Waals surface area contributed by atoms with Gasteiger partial charge in [-0.15, -0.1) is 0 Å². The van der Waals surface area contributed by atoms with Crippen LogP contribution in [0.3, 0.4) is 0 Å². The molecular formula is C23H26N2O4. The van der Waals surface area contributed by atoms with Crippen LogP contribution in [-0.2, 0) is 6.54 Å².